The van der Waals surface area contributed by atoms with E-state index in [-0.39, 0.29) is 6.54 Å². The molecule has 0 saturated carbocycles. The molecule has 1 aliphatic rings. The van der Waals surface area contributed by atoms with Crippen molar-refractivity contribution in [2.45, 2.75) is 45.5 Å². The number of nitrogens with one attached hydrogen (secondary N) is 2. The summed E-state index contributed by atoms with van der Waals surface area (Å²) in [5.74, 6) is 0.560. The molecule has 1 aromatic carbocycles. The number of rotatable bonds is 5. The summed E-state index contributed by atoms with van der Waals surface area (Å²) in [6.45, 7) is 6.13. The minimum atomic E-state index is -4.63. The number of aromatic nitrogens is 3. The molecule has 0 bridgehead atoms. The predicted octanol–water partition coefficient (Wildman–Crippen LogP) is 4.53. The summed E-state index contributed by atoms with van der Waals surface area (Å²) in [5.41, 5.74) is 2.63. The second-order valence-corrected chi connectivity index (χ2v) is 9.36. The van der Waals surface area contributed by atoms with E-state index in [1.165, 1.54) is 24.7 Å². The largest absolute Gasteiger partial charge is 0.417 e. The summed E-state index contributed by atoms with van der Waals surface area (Å²) in [6.07, 6.45) is -1.38. The lowest BCUT2D eigenvalue weighted by atomic mass is 10.0. The van der Waals surface area contributed by atoms with Gasteiger partial charge in [-0.3, -0.25) is 9.63 Å². The lowest BCUT2D eigenvalue weighted by Crippen LogP contribution is -2.33. The first kappa shape index (κ1) is 25.8. The monoisotopic (exact) mass is 511 g/mol. The van der Waals surface area contributed by atoms with Gasteiger partial charge in [0.1, 0.15) is 18.0 Å². The normalized spacial score (nSPS) is 13.5. The van der Waals surface area contributed by atoms with E-state index >= 15 is 0 Å². The molecule has 3 aromatic rings. The van der Waals surface area contributed by atoms with Crippen LogP contribution >= 0.6 is 0 Å². The maximum atomic E-state index is 13.4. The van der Waals surface area contributed by atoms with Gasteiger partial charge in [0.25, 0.3) is 5.91 Å². The highest BCUT2D eigenvalue weighted by atomic mass is 19.4. The van der Waals surface area contributed by atoms with Crippen LogP contribution in [-0.4, -0.2) is 33.0 Å². The molecule has 2 N–H and O–H groups in total. The molecule has 0 atom stereocenters. The van der Waals surface area contributed by atoms with Crippen molar-refractivity contribution in [3.05, 3.63) is 70.8 Å². The number of hydroxylamine groups is 1. The van der Waals surface area contributed by atoms with Gasteiger partial charge in [-0.15, -0.1) is 0 Å². The van der Waals surface area contributed by atoms with Gasteiger partial charge in [0, 0.05) is 24.0 Å². The van der Waals surface area contributed by atoms with E-state index in [1.54, 1.807) is 23.1 Å². The predicted molar refractivity (Wildman–Crippen MR) is 129 cm³/mol. The van der Waals surface area contributed by atoms with Crippen LogP contribution in [0.1, 0.15) is 53.5 Å². The van der Waals surface area contributed by atoms with Crippen molar-refractivity contribution >= 4 is 23.2 Å². The van der Waals surface area contributed by atoms with Gasteiger partial charge in [-0.05, 0) is 57.5 Å². The second-order valence-electron chi connectivity index (χ2n) is 9.36. The van der Waals surface area contributed by atoms with Crippen molar-refractivity contribution in [1.82, 2.24) is 20.4 Å². The first-order valence-electron chi connectivity index (χ1n) is 11.3. The van der Waals surface area contributed by atoms with E-state index in [4.69, 9.17) is 10.1 Å². The molecule has 0 unspecified atom stereocenters. The molecule has 192 valence electrons. The van der Waals surface area contributed by atoms with Crippen LogP contribution in [0.2, 0.25) is 0 Å². The van der Waals surface area contributed by atoms with Gasteiger partial charge in [0.15, 0.2) is 0 Å². The third kappa shape index (κ3) is 6.13. The number of nitrogens with zero attached hydrogens (tertiary/aromatic N) is 5. The van der Waals surface area contributed by atoms with Crippen molar-refractivity contribution in [2.24, 2.45) is 0 Å². The van der Waals surface area contributed by atoms with Gasteiger partial charge in [0.2, 0.25) is 0 Å². The molecule has 0 aliphatic carbocycles. The van der Waals surface area contributed by atoms with Gasteiger partial charge in [-0.2, -0.15) is 18.4 Å². The molecule has 0 radical (unpaired) electrons. The highest BCUT2D eigenvalue weighted by Crippen LogP contribution is 2.36. The number of carbonyl (C=O) groups is 1. The number of pyridine rings is 1. The molecule has 2 aromatic heterocycles. The summed E-state index contributed by atoms with van der Waals surface area (Å²) < 4.78 is 40.2. The van der Waals surface area contributed by atoms with Gasteiger partial charge >= 0.3 is 6.18 Å². The number of hydrogen-bond donors (Lipinski definition) is 2. The fraction of sp³-hybridized carbons (Fsp3) is 0.320. The molecule has 3 heterocycles. The Kier molecular flexibility index (Phi) is 7.00. The van der Waals surface area contributed by atoms with Crippen molar-refractivity contribution in [2.75, 3.05) is 16.8 Å². The fourth-order valence-electron chi connectivity index (χ4n) is 3.73. The molecule has 37 heavy (non-hydrogen) atoms. The number of nitriles is 1. The Morgan fingerprint density at radius 1 is 1.14 bits per heavy atom. The SMILES string of the molecule is CC(C)(C)ONC(=O)c1ccc(Nc2ncnc3c2CCN(c2ccc(C#N)c(C(F)(F)F)c2)C3)nc1. The maximum Gasteiger partial charge on any atom is 0.417 e. The number of fused-ring (bicyclic) bond motifs is 1. The van der Waals surface area contributed by atoms with E-state index in [0.717, 1.165) is 11.6 Å². The highest BCUT2D eigenvalue weighted by Gasteiger charge is 2.34. The van der Waals surface area contributed by atoms with Crippen LogP contribution in [0.3, 0.4) is 0 Å². The quantitative estimate of drug-likeness (QED) is 0.480. The summed E-state index contributed by atoms with van der Waals surface area (Å²) >= 11 is 0. The number of hydrogen-bond acceptors (Lipinski definition) is 8. The van der Waals surface area contributed by atoms with Crippen LogP contribution < -0.4 is 15.7 Å². The molecular formula is C25H24F3N7O2. The van der Waals surface area contributed by atoms with Crippen LogP contribution in [0.5, 0.6) is 0 Å². The molecule has 9 nitrogen and oxygen atoms in total. The van der Waals surface area contributed by atoms with E-state index in [9.17, 15) is 18.0 Å². The fourth-order valence-corrected chi connectivity index (χ4v) is 3.73. The van der Waals surface area contributed by atoms with Crippen LogP contribution in [0.15, 0.2) is 42.9 Å². The summed E-state index contributed by atoms with van der Waals surface area (Å²) in [4.78, 5) is 32.2. The minimum Gasteiger partial charge on any atom is -0.365 e. The Hall–Kier alpha value is -4.24. The summed E-state index contributed by atoms with van der Waals surface area (Å²) in [7, 11) is 0. The molecular weight excluding hydrogens is 487 g/mol. The van der Waals surface area contributed by atoms with E-state index in [1.807, 2.05) is 20.8 Å². The Morgan fingerprint density at radius 2 is 1.92 bits per heavy atom. The maximum absolute atomic E-state index is 13.4. The number of benzene rings is 1. The lowest BCUT2D eigenvalue weighted by molar-refractivity contribution is -0.137. The zero-order valence-corrected chi connectivity index (χ0v) is 20.3. The molecule has 12 heteroatoms. The number of alkyl halides is 3. The average Bonchev–Trinajstić information content (AvgIpc) is 2.86. The first-order chi connectivity index (χ1) is 17.4. The van der Waals surface area contributed by atoms with Crippen LogP contribution in [-0.2, 0) is 24.0 Å². The molecule has 1 aliphatic heterocycles. The minimum absolute atomic E-state index is 0.274. The number of anilines is 3. The molecule has 0 fully saturated rings. The second kappa shape index (κ2) is 10.0. The zero-order valence-electron chi connectivity index (χ0n) is 20.3. The van der Waals surface area contributed by atoms with Gasteiger partial charge in [0.05, 0.1) is 40.6 Å². The Balaban J connectivity index is 1.48. The van der Waals surface area contributed by atoms with Gasteiger partial charge in [-0.1, -0.05) is 0 Å². The molecule has 1 amide bonds. The van der Waals surface area contributed by atoms with Crippen molar-refractivity contribution < 1.29 is 22.8 Å². The molecule has 4 rings (SSSR count). The van der Waals surface area contributed by atoms with Crippen LogP contribution in [0, 0.1) is 11.3 Å². The van der Waals surface area contributed by atoms with E-state index < -0.39 is 28.8 Å². The van der Waals surface area contributed by atoms with Crippen LogP contribution in [0.4, 0.5) is 30.5 Å². The molecule has 0 saturated heterocycles. The number of amides is 1. The first-order valence-corrected chi connectivity index (χ1v) is 11.3. The van der Waals surface area contributed by atoms with Crippen molar-refractivity contribution in [1.29, 1.82) is 5.26 Å². The smallest absolute Gasteiger partial charge is 0.365 e. The number of halogens is 3. The van der Waals surface area contributed by atoms with Crippen molar-refractivity contribution in [3.63, 3.8) is 0 Å². The zero-order chi connectivity index (χ0) is 26.8. The average molecular weight is 512 g/mol. The Labute approximate surface area is 211 Å². The van der Waals surface area contributed by atoms with Crippen molar-refractivity contribution in [3.8, 4) is 6.07 Å². The summed E-state index contributed by atoms with van der Waals surface area (Å²) in [6, 6.07) is 8.51. The standard InChI is InChI=1S/C25H24F3N7O2/c1-24(2,3)37-34-23(36)16-5-7-21(30-12-16)33-22-18-8-9-35(13-20(18)31-14-32-22)17-6-4-15(11-29)19(10-17)25(26,27)28/h4-7,10,12,14H,8-9,13H2,1-3H3,(H,34,36)(H,30,31,32,33). The Morgan fingerprint density at radius 3 is 2.57 bits per heavy atom. The third-order valence-corrected chi connectivity index (χ3v) is 5.52. The Bertz CT molecular complexity index is 1350. The van der Waals surface area contributed by atoms with Gasteiger partial charge < -0.3 is 10.2 Å². The third-order valence-electron chi connectivity index (χ3n) is 5.52. The van der Waals surface area contributed by atoms with E-state index in [0.29, 0.717) is 41.5 Å². The summed E-state index contributed by atoms with van der Waals surface area (Å²) in [5, 5.41) is 12.2. The van der Waals surface area contributed by atoms with Crippen LogP contribution in [0.25, 0.3) is 0 Å². The number of carbonyl (C=O) groups excluding carboxylic acids is 1. The highest BCUT2D eigenvalue weighted by molar-refractivity contribution is 5.93. The van der Waals surface area contributed by atoms with E-state index in [2.05, 4.69) is 25.7 Å². The molecule has 0 spiro atoms. The topological polar surface area (TPSA) is 116 Å². The lowest BCUT2D eigenvalue weighted by Gasteiger charge is -2.31. The van der Waals surface area contributed by atoms with Gasteiger partial charge in [-0.25, -0.2) is 20.4 Å².